The summed E-state index contributed by atoms with van der Waals surface area (Å²) in [7, 11) is 4.07. The number of aromatic nitrogens is 1. The van der Waals surface area contributed by atoms with Crippen molar-refractivity contribution in [2.75, 3.05) is 30.6 Å². The predicted molar refractivity (Wildman–Crippen MR) is 84.1 cm³/mol. The van der Waals surface area contributed by atoms with Crippen molar-refractivity contribution in [3.63, 3.8) is 0 Å². The lowest BCUT2D eigenvalue weighted by Crippen LogP contribution is -2.12. The minimum atomic E-state index is 0.807. The molecule has 0 bridgehead atoms. The highest BCUT2D eigenvalue weighted by Gasteiger charge is 2.03. The maximum absolute atomic E-state index is 4.17. The van der Waals surface area contributed by atoms with Crippen LogP contribution in [0.15, 0.2) is 47.6 Å². The Kier molecular flexibility index (Phi) is 4.68. The second kappa shape index (κ2) is 6.48. The topological polar surface area (TPSA) is 28.2 Å². The molecule has 0 saturated carbocycles. The normalized spacial score (nSPS) is 10.3. The third kappa shape index (κ3) is 3.64. The van der Waals surface area contributed by atoms with E-state index in [1.807, 2.05) is 32.6 Å². The Labute approximate surface area is 119 Å². The van der Waals surface area contributed by atoms with Gasteiger partial charge >= 0.3 is 0 Å². The third-order valence-electron chi connectivity index (χ3n) is 2.92. The Morgan fingerprint density at radius 2 is 1.89 bits per heavy atom. The van der Waals surface area contributed by atoms with E-state index in [0.29, 0.717) is 0 Å². The first-order valence-corrected chi connectivity index (χ1v) is 7.41. The van der Waals surface area contributed by atoms with E-state index in [1.54, 1.807) is 11.8 Å². The Hall–Kier alpha value is -1.68. The van der Waals surface area contributed by atoms with Gasteiger partial charge in [-0.25, -0.2) is 0 Å². The number of hydrogen-bond donors (Lipinski definition) is 1. The van der Waals surface area contributed by atoms with E-state index in [4.69, 9.17) is 0 Å². The molecule has 19 heavy (non-hydrogen) atoms. The molecular formula is C15H19N3S. The van der Waals surface area contributed by atoms with Crippen LogP contribution in [0.3, 0.4) is 0 Å². The molecular weight excluding hydrogens is 254 g/mol. The Morgan fingerprint density at radius 1 is 1.16 bits per heavy atom. The van der Waals surface area contributed by atoms with Crippen LogP contribution in [0, 0.1) is 0 Å². The van der Waals surface area contributed by atoms with Crippen molar-refractivity contribution in [2.24, 2.45) is 0 Å². The van der Waals surface area contributed by atoms with Crippen molar-refractivity contribution in [3.05, 3.63) is 48.3 Å². The van der Waals surface area contributed by atoms with Gasteiger partial charge in [0, 0.05) is 31.7 Å². The summed E-state index contributed by atoms with van der Waals surface area (Å²) in [6.45, 7) is 0.807. The van der Waals surface area contributed by atoms with Crippen LogP contribution in [0.4, 0.5) is 11.4 Å². The van der Waals surface area contributed by atoms with Gasteiger partial charge in [0.2, 0.25) is 0 Å². The summed E-state index contributed by atoms with van der Waals surface area (Å²) in [5.74, 6) is 0. The van der Waals surface area contributed by atoms with Crippen LogP contribution in [0.25, 0.3) is 0 Å². The van der Waals surface area contributed by atoms with Gasteiger partial charge in [-0.3, -0.25) is 4.98 Å². The minimum absolute atomic E-state index is 0.807. The van der Waals surface area contributed by atoms with Crippen molar-refractivity contribution in [2.45, 2.75) is 11.4 Å². The highest BCUT2D eigenvalue weighted by Crippen LogP contribution is 2.23. The average molecular weight is 273 g/mol. The van der Waals surface area contributed by atoms with Crippen molar-refractivity contribution in [1.82, 2.24) is 4.98 Å². The second-order valence-electron chi connectivity index (χ2n) is 4.49. The lowest BCUT2D eigenvalue weighted by Gasteiger charge is -2.17. The number of nitrogens with one attached hydrogen (secondary N) is 1. The molecule has 1 N–H and O–H groups in total. The van der Waals surface area contributed by atoms with Crippen LogP contribution in [-0.2, 0) is 6.54 Å². The van der Waals surface area contributed by atoms with Crippen LogP contribution in [0.1, 0.15) is 5.56 Å². The van der Waals surface area contributed by atoms with Crippen LogP contribution in [-0.4, -0.2) is 25.3 Å². The molecule has 1 aromatic heterocycles. The molecule has 1 aromatic carbocycles. The van der Waals surface area contributed by atoms with Gasteiger partial charge in [-0.15, -0.1) is 11.8 Å². The quantitative estimate of drug-likeness (QED) is 0.844. The molecule has 0 unspecified atom stereocenters. The maximum Gasteiger partial charge on any atom is 0.0766 e. The Morgan fingerprint density at radius 3 is 2.53 bits per heavy atom. The van der Waals surface area contributed by atoms with E-state index in [1.165, 1.54) is 10.5 Å². The van der Waals surface area contributed by atoms with Crippen molar-refractivity contribution < 1.29 is 0 Å². The van der Waals surface area contributed by atoms with Gasteiger partial charge in [0.15, 0.2) is 0 Å². The average Bonchev–Trinajstić information content (AvgIpc) is 2.46. The first kappa shape index (κ1) is 13.7. The molecule has 0 aliphatic heterocycles. The van der Waals surface area contributed by atoms with Gasteiger partial charge in [-0.05, 0) is 30.0 Å². The fourth-order valence-electron chi connectivity index (χ4n) is 1.85. The number of pyridine rings is 1. The van der Waals surface area contributed by atoms with Gasteiger partial charge < -0.3 is 10.2 Å². The molecule has 0 atom stereocenters. The number of rotatable bonds is 5. The zero-order valence-corrected chi connectivity index (χ0v) is 12.4. The highest BCUT2D eigenvalue weighted by molar-refractivity contribution is 7.98. The van der Waals surface area contributed by atoms with Crippen molar-refractivity contribution >= 4 is 23.1 Å². The van der Waals surface area contributed by atoms with Crippen LogP contribution in [0.5, 0.6) is 0 Å². The van der Waals surface area contributed by atoms with E-state index >= 15 is 0 Å². The lowest BCUT2D eigenvalue weighted by atomic mass is 10.2. The van der Waals surface area contributed by atoms with E-state index in [-0.39, 0.29) is 0 Å². The highest BCUT2D eigenvalue weighted by atomic mass is 32.2. The van der Waals surface area contributed by atoms with E-state index in [9.17, 15) is 0 Å². The molecule has 0 fully saturated rings. The number of thioether (sulfide) groups is 1. The van der Waals surface area contributed by atoms with Gasteiger partial charge in [0.05, 0.1) is 17.6 Å². The van der Waals surface area contributed by atoms with E-state index in [0.717, 1.165) is 17.9 Å². The summed E-state index contributed by atoms with van der Waals surface area (Å²) in [4.78, 5) is 7.55. The predicted octanol–water partition coefficient (Wildman–Crippen LogP) is 3.48. The first-order chi connectivity index (χ1) is 9.20. The molecule has 0 spiro atoms. The van der Waals surface area contributed by atoms with Crippen LogP contribution < -0.4 is 10.2 Å². The molecule has 3 nitrogen and oxygen atoms in total. The molecule has 0 aliphatic rings. The fourth-order valence-corrected chi connectivity index (χ4v) is 2.26. The Bertz CT molecular complexity index is 523. The summed E-state index contributed by atoms with van der Waals surface area (Å²) < 4.78 is 0. The second-order valence-corrected chi connectivity index (χ2v) is 5.37. The first-order valence-electron chi connectivity index (χ1n) is 6.19. The fraction of sp³-hybridized carbons (Fsp3) is 0.267. The van der Waals surface area contributed by atoms with Crippen LogP contribution in [0.2, 0.25) is 0 Å². The molecule has 1 heterocycles. The summed E-state index contributed by atoms with van der Waals surface area (Å²) in [5, 5.41) is 3.44. The molecule has 0 aliphatic carbocycles. The van der Waals surface area contributed by atoms with Gasteiger partial charge in [0.1, 0.15) is 0 Å². The van der Waals surface area contributed by atoms with Crippen molar-refractivity contribution in [3.8, 4) is 0 Å². The summed E-state index contributed by atoms with van der Waals surface area (Å²) in [6, 6.07) is 10.6. The lowest BCUT2D eigenvalue weighted by molar-refractivity contribution is 1.08. The molecule has 0 radical (unpaired) electrons. The van der Waals surface area contributed by atoms with E-state index < -0.39 is 0 Å². The molecule has 2 aromatic rings. The SMILES string of the molecule is CSc1ccc(CNc2cnccc2N(C)C)cc1. The zero-order valence-electron chi connectivity index (χ0n) is 11.6. The van der Waals surface area contributed by atoms with Crippen molar-refractivity contribution in [1.29, 1.82) is 0 Å². The van der Waals surface area contributed by atoms with Gasteiger partial charge in [-0.1, -0.05) is 12.1 Å². The standard InChI is InChI=1S/C15H19N3S/c1-18(2)15-8-9-16-11-14(15)17-10-12-4-6-13(19-3)7-5-12/h4-9,11,17H,10H2,1-3H3. The smallest absolute Gasteiger partial charge is 0.0766 e. The monoisotopic (exact) mass is 273 g/mol. The van der Waals surface area contributed by atoms with Gasteiger partial charge in [0.25, 0.3) is 0 Å². The Balaban J connectivity index is 2.05. The molecule has 2 rings (SSSR count). The van der Waals surface area contributed by atoms with Gasteiger partial charge in [-0.2, -0.15) is 0 Å². The number of anilines is 2. The minimum Gasteiger partial charge on any atom is -0.378 e. The number of benzene rings is 1. The molecule has 0 saturated heterocycles. The number of hydrogen-bond acceptors (Lipinski definition) is 4. The zero-order chi connectivity index (χ0) is 13.7. The third-order valence-corrected chi connectivity index (χ3v) is 3.67. The summed E-state index contributed by atoms with van der Waals surface area (Å²) in [5.41, 5.74) is 3.48. The summed E-state index contributed by atoms with van der Waals surface area (Å²) >= 11 is 1.76. The van der Waals surface area contributed by atoms with Crippen LogP contribution >= 0.6 is 11.8 Å². The van der Waals surface area contributed by atoms with E-state index in [2.05, 4.69) is 45.7 Å². The maximum atomic E-state index is 4.17. The number of nitrogens with zero attached hydrogens (tertiary/aromatic N) is 2. The molecule has 0 amide bonds. The molecule has 4 heteroatoms. The molecule has 100 valence electrons. The largest absolute Gasteiger partial charge is 0.378 e. The summed E-state index contributed by atoms with van der Waals surface area (Å²) in [6.07, 6.45) is 5.77.